The summed E-state index contributed by atoms with van der Waals surface area (Å²) >= 11 is 4.57. The first-order valence-corrected chi connectivity index (χ1v) is 39.2. The van der Waals surface area contributed by atoms with Gasteiger partial charge < -0.3 is 37.9 Å². The molecule has 90 heavy (non-hydrogen) atoms. The SMILES string of the molecule is CCCCCCCCCCCCOc1cc(COC(=O)CCCCOc2cc(I)c(OCCCCC(=O)OCc3cc(OCCCCCCCCCCCC)cc(OCCCCCCCCCCCC)c3)cc2I)cc(OCCCCCCCCCCCC)c1. The molecule has 3 aromatic carbocycles. The molecular weight excluding hydrogens is 1350 g/mol. The van der Waals surface area contributed by atoms with Crippen LogP contribution < -0.4 is 28.4 Å². The summed E-state index contributed by atoms with van der Waals surface area (Å²) in [6.07, 6.45) is 54.8. The molecule has 0 aliphatic rings. The Bertz CT molecular complexity index is 1950. The van der Waals surface area contributed by atoms with Crippen LogP contribution in [0.5, 0.6) is 34.5 Å². The molecule has 12 heteroatoms. The van der Waals surface area contributed by atoms with Crippen molar-refractivity contribution in [3.63, 3.8) is 0 Å². The first kappa shape index (κ1) is 81.1. The van der Waals surface area contributed by atoms with Gasteiger partial charge in [0.15, 0.2) is 0 Å². The molecule has 3 aromatic rings. The third kappa shape index (κ3) is 45.2. The van der Waals surface area contributed by atoms with Gasteiger partial charge in [0.1, 0.15) is 47.7 Å². The van der Waals surface area contributed by atoms with Crippen LogP contribution in [0, 0.1) is 7.14 Å². The van der Waals surface area contributed by atoms with Gasteiger partial charge in [-0.1, -0.05) is 259 Å². The lowest BCUT2D eigenvalue weighted by Crippen LogP contribution is -2.07. The minimum atomic E-state index is -0.225. The molecule has 0 amide bonds. The number of ether oxygens (including phenoxy) is 8. The minimum absolute atomic E-state index is 0.180. The summed E-state index contributed by atoms with van der Waals surface area (Å²) in [7, 11) is 0. The van der Waals surface area contributed by atoms with Gasteiger partial charge >= 0.3 is 11.9 Å². The zero-order valence-electron chi connectivity index (χ0n) is 57.6. The van der Waals surface area contributed by atoms with Crippen molar-refractivity contribution in [2.24, 2.45) is 0 Å². The van der Waals surface area contributed by atoms with Crippen LogP contribution in [0.25, 0.3) is 0 Å². The van der Waals surface area contributed by atoms with E-state index in [4.69, 9.17) is 37.9 Å². The second-order valence-corrected chi connectivity index (χ2v) is 27.7. The van der Waals surface area contributed by atoms with Crippen LogP contribution in [0.4, 0.5) is 0 Å². The van der Waals surface area contributed by atoms with Crippen LogP contribution >= 0.6 is 45.2 Å². The van der Waals surface area contributed by atoms with Gasteiger partial charge in [-0.05, 0) is 144 Å². The fourth-order valence-corrected chi connectivity index (χ4v) is 12.4. The molecule has 0 spiro atoms. The summed E-state index contributed by atoms with van der Waals surface area (Å²) in [5, 5.41) is 0. The number of halogens is 2. The smallest absolute Gasteiger partial charge is 0.306 e. The maximum Gasteiger partial charge on any atom is 0.306 e. The maximum absolute atomic E-state index is 13.0. The summed E-state index contributed by atoms with van der Waals surface area (Å²) in [6, 6.07) is 15.9. The molecule has 0 aliphatic heterocycles. The second-order valence-electron chi connectivity index (χ2n) is 25.4. The fourth-order valence-electron chi connectivity index (χ4n) is 11.2. The van der Waals surface area contributed by atoms with E-state index >= 15 is 0 Å². The molecule has 0 bridgehead atoms. The molecule has 0 aromatic heterocycles. The minimum Gasteiger partial charge on any atom is -0.493 e. The Labute approximate surface area is 577 Å². The predicted molar refractivity (Wildman–Crippen MR) is 392 cm³/mol. The lowest BCUT2D eigenvalue weighted by Gasteiger charge is -2.14. The third-order valence-corrected chi connectivity index (χ3v) is 18.5. The lowest BCUT2D eigenvalue weighted by atomic mass is 10.1. The normalized spacial score (nSPS) is 11.3. The van der Waals surface area contributed by atoms with Gasteiger partial charge in [0.25, 0.3) is 0 Å². The Hall–Kier alpha value is -3.14. The van der Waals surface area contributed by atoms with Crippen molar-refractivity contribution in [2.45, 2.75) is 336 Å². The van der Waals surface area contributed by atoms with Crippen LogP contribution in [0.2, 0.25) is 0 Å². The lowest BCUT2D eigenvalue weighted by molar-refractivity contribution is -0.146. The van der Waals surface area contributed by atoms with E-state index in [0.717, 1.165) is 91.3 Å². The highest BCUT2D eigenvalue weighted by atomic mass is 127. The summed E-state index contributed by atoms with van der Waals surface area (Å²) in [5.41, 5.74) is 1.76. The summed E-state index contributed by atoms with van der Waals surface area (Å²) < 4.78 is 50.9. The Morgan fingerprint density at radius 1 is 0.267 bits per heavy atom. The van der Waals surface area contributed by atoms with E-state index < -0.39 is 0 Å². The molecule has 0 radical (unpaired) electrons. The maximum atomic E-state index is 13.0. The number of hydrogen-bond acceptors (Lipinski definition) is 10. The Morgan fingerprint density at radius 2 is 0.478 bits per heavy atom. The van der Waals surface area contributed by atoms with Gasteiger partial charge in [-0.25, -0.2) is 0 Å². The zero-order valence-corrected chi connectivity index (χ0v) is 62.0. The van der Waals surface area contributed by atoms with E-state index in [9.17, 15) is 9.59 Å². The van der Waals surface area contributed by atoms with E-state index in [-0.39, 0.29) is 25.2 Å². The molecule has 0 heterocycles. The van der Waals surface area contributed by atoms with E-state index in [0.29, 0.717) is 65.3 Å². The molecule has 0 saturated heterocycles. The van der Waals surface area contributed by atoms with Crippen molar-refractivity contribution in [2.75, 3.05) is 39.6 Å². The number of unbranched alkanes of at least 4 members (excludes halogenated alkanes) is 38. The largest absolute Gasteiger partial charge is 0.493 e. The Kier molecular flexibility index (Phi) is 52.7. The van der Waals surface area contributed by atoms with Crippen LogP contribution in [0.3, 0.4) is 0 Å². The van der Waals surface area contributed by atoms with Gasteiger partial charge in [0.05, 0.1) is 46.8 Å². The highest BCUT2D eigenvalue weighted by Crippen LogP contribution is 2.32. The number of benzene rings is 3. The fraction of sp³-hybridized carbons (Fsp3) is 0.744. The van der Waals surface area contributed by atoms with Gasteiger partial charge in [-0.15, -0.1) is 0 Å². The first-order valence-electron chi connectivity index (χ1n) is 37.1. The van der Waals surface area contributed by atoms with E-state index in [1.165, 1.54) is 231 Å². The van der Waals surface area contributed by atoms with Crippen molar-refractivity contribution < 1.29 is 47.5 Å². The molecule has 0 saturated carbocycles. The van der Waals surface area contributed by atoms with E-state index in [1.54, 1.807) is 0 Å². The van der Waals surface area contributed by atoms with Gasteiger partial charge in [-0.2, -0.15) is 0 Å². The molecule has 3 rings (SSSR count). The first-order chi connectivity index (χ1) is 44.2. The molecule has 0 aliphatic carbocycles. The van der Waals surface area contributed by atoms with Crippen LogP contribution in [-0.4, -0.2) is 51.6 Å². The van der Waals surface area contributed by atoms with Crippen molar-refractivity contribution >= 4 is 57.1 Å². The number of esters is 2. The molecule has 0 fully saturated rings. The molecule has 0 atom stereocenters. The van der Waals surface area contributed by atoms with Gasteiger partial charge in [0, 0.05) is 25.0 Å². The van der Waals surface area contributed by atoms with Crippen LogP contribution in [0.1, 0.15) is 334 Å². The highest BCUT2D eigenvalue weighted by molar-refractivity contribution is 14.1. The van der Waals surface area contributed by atoms with Gasteiger partial charge in [-0.3, -0.25) is 9.59 Å². The quantitative estimate of drug-likeness (QED) is 0.0308. The molecular formula is C78H128I2O10. The third-order valence-electron chi connectivity index (χ3n) is 16.8. The molecule has 0 N–H and O–H groups in total. The monoisotopic (exact) mass is 1480 g/mol. The molecule has 10 nitrogen and oxygen atoms in total. The highest BCUT2D eigenvalue weighted by Gasteiger charge is 2.14. The Morgan fingerprint density at radius 3 is 0.722 bits per heavy atom. The van der Waals surface area contributed by atoms with E-state index in [2.05, 4.69) is 72.9 Å². The summed E-state index contributed by atoms with van der Waals surface area (Å²) in [6.45, 7) is 13.1. The van der Waals surface area contributed by atoms with Crippen molar-refractivity contribution in [1.29, 1.82) is 0 Å². The van der Waals surface area contributed by atoms with Crippen LogP contribution in [0.15, 0.2) is 48.5 Å². The molecule has 514 valence electrons. The Balaban J connectivity index is 1.37. The van der Waals surface area contributed by atoms with Crippen molar-refractivity contribution in [1.82, 2.24) is 0 Å². The van der Waals surface area contributed by atoms with Gasteiger partial charge in [0.2, 0.25) is 0 Å². The summed E-state index contributed by atoms with van der Waals surface area (Å²) in [4.78, 5) is 26.0. The standard InChI is InChI=1S/C78H128I2O10/c1-5-9-13-17-21-25-29-33-37-43-51-83-69-57-67(58-70(61-69)84-52-44-38-34-30-26-22-18-14-10-6-2)65-89-77(81)49-41-47-55-87-75-63-74(80)76(64-73(75)79)88-56-48-42-50-78(82)90-66-68-59-71(85-53-45-39-35-31-27-23-19-15-11-7-3)62-72(60-68)86-54-46-40-36-32-28-24-20-16-12-8-4/h57-64H,5-56,65-66H2,1-4H3. The predicted octanol–water partition coefficient (Wildman–Crippen LogP) is 24.7. The van der Waals surface area contributed by atoms with Crippen molar-refractivity contribution in [3.8, 4) is 34.5 Å². The second kappa shape index (κ2) is 58.4. The number of hydrogen-bond donors (Lipinski definition) is 0. The van der Waals surface area contributed by atoms with Crippen LogP contribution in [-0.2, 0) is 32.3 Å². The number of carbonyl (C=O) groups excluding carboxylic acids is 2. The van der Waals surface area contributed by atoms with Crippen molar-refractivity contribution in [3.05, 3.63) is 66.8 Å². The summed E-state index contributed by atoms with van der Waals surface area (Å²) in [5.74, 6) is 4.23. The topological polar surface area (TPSA) is 108 Å². The molecule has 0 unspecified atom stereocenters. The average molecular weight is 1480 g/mol. The number of carbonyl (C=O) groups is 2. The zero-order chi connectivity index (χ0) is 64.4. The average Bonchev–Trinajstić information content (AvgIpc) is 2.14. The number of rotatable bonds is 64. The van der Waals surface area contributed by atoms with E-state index in [1.807, 2.05) is 48.5 Å².